The van der Waals surface area contributed by atoms with E-state index in [2.05, 4.69) is 6.07 Å². The minimum Gasteiger partial charge on any atom is -0.450 e. The fourth-order valence-corrected chi connectivity index (χ4v) is 4.83. The van der Waals surface area contributed by atoms with E-state index in [0.29, 0.717) is 43.4 Å². The fraction of sp³-hybridized carbons (Fsp3) is 0.526. The molecule has 27 heavy (non-hydrogen) atoms. The highest BCUT2D eigenvalue weighted by Crippen LogP contribution is 2.36. The lowest BCUT2D eigenvalue weighted by atomic mass is 9.95. The van der Waals surface area contributed by atoms with Gasteiger partial charge in [0.25, 0.3) is 5.91 Å². The summed E-state index contributed by atoms with van der Waals surface area (Å²) in [7, 11) is 0. The Kier molecular flexibility index (Phi) is 4.90. The number of rotatable bonds is 2. The van der Waals surface area contributed by atoms with Crippen molar-refractivity contribution in [2.24, 2.45) is 0 Å². The van der Waals surface area contributed by atoms with Crippen molar-refractivity contribution in [3.8, 4) is 0 Å². The van der Waals surface area contributed by atoms with Gasteiger partial charge in [-0.3, -0.25) is 4.79 Å². The van der Waals surface area contributed by atoms with Gasteiger partial charge in [0.05, 0.1) is 12.3 Å². The Morgan fingerprint density at radius 1 is 1.19 bits per heavy atom. The van der Waals surface area contributed by atoms with Crippen molar-refractivity contribution in [1.29, 1.82) is 0 Å². The van der Waals surface area contributed by atoms with Crippen LogP contribution < -0.4 is 5.73 Å². The highest BCUT2D eigenvalue weighted by molar-refractivity contribution is 7.21. The third kappa shape index (κ3) is 3.34. The zero-order valence-electron chi connectivity index (χ0n) is 15.5. The van der Waals surface area contributed by atoms with Crippen molar-refractivity contribution >= 4 is 39.2 Å². The van der Waals surface area contributed by atoms with E-state index in [0.717, 1.165) is 28.8 Å². The summed E-state index contributed by atoms with van der Waals surface area (Å²) in [6.45, 7) is 4.05. The van der Waals surface area contributed by atoms with Crippen molar-refractivity contribution in [2.45, 2.75) is 32.6 Å². The highest BCUT2D eigenvalue weighted by Gasteiger charge is 2.28. The summed E-state index contributed by atoms with van der Waals surface area (Å²) >= 11 is 1.38. The number of hydrogen-bond donors (Lipinski definition) is 1. The first-order chi connectivity index (χ1) is 13.1. The number of fused-ring (bicyclic) bond motifs is 2. The van der Waals surface area contributed by atoms with Crippen molar-refractivity contribution in [2.75, 3.05) is 38.5 Å². The van der Waals surface area contributed by atoms with Gasteiger partial charge in [-0.25, -0.2) is 9.78 Å². The smallest absolute Gasteiger partial charge is 0.409 e. The number of thiophene rings is 1. The number of piperazine rings is 1. The minimum absolute atomic E-state index is 0.0722. The molecule has 7 nitrogen and oxygen atoms in total. The molecule has 4 rings (SSSR count). The standard InChI is InChI=1S/C19H24N4O3S/c1-2-26-19(25)23-9-7-22(8-10-23)18(24)16-15(20)13-11-12-5-3-4-6-14(12)21-17(13)27-16/h11H,2-10,20H2,1H3. The number of nitrogen functional groups attached to an aromatic ring is 1. The van der Waals surface area contributed by atoms with Gasteiger partial charge in [-0.2, -0.15) is 0 Å². The maximum Gasteiger partial charge on any atom is 0.409 e. The molecule has 0 bridgehead atoms. The molecule has 1 aliphatic heterocycles. The predicted octanol–water partition coefficient (Wildman–Crippen LogP) is 2.67. The van der Waals surface area contributed by atoms with Gasteiger partial charge in [-0.1, -0.05) is 0 Å². The van der Waals surface area contributed by atoms with Crippen LogP contribution in [0.1, 0.15) is 40.7 Å². The molecular weight excluding hydrogens is 364 g/mol. The number of amides is 2. The van der Waals surface area contributed by atoms with Gasteiger partial charge in [0, 0.05) is 37.3 Å². The molecule has 2 N–H and O–H groups in total. The summed E-state index contributed by atoms with van der Waals surface area (Å²) in [6, 6.07) is 2.12. The minimum atomic E-state index is -0.319. The average Bonchev–Trinajstić information content (AvgIpc) is 3.02. The van der Waals surface area contributed by atoms with Crippen molar-refractivity contribution < 1.29 is 14.3 Å². The van der Waals surface area contributed by atoms with Gasteiger partial charge in [-0.05, 0) is 44.2 Å². The second-order valence-electron chi connectivity index (χ2n) is 6.98. The monoisotopic (exact) mass is 388 g/mol. The number of nitrogens with zero attached hydrogens (tertiary/aromatic N) is 3. The summed E-state index contributed by atoms with van der Waals surface area (Å²) in [5.41, 5.74) is 9.28. The molecular formula is C19H24N4O3S. The molecule has 0 unspecified atom stereocenters. The molecule has 144 valence electrons. The molecule has 1 saturated heterocycles. The third-order valence-electron chi connectivity index (χ3n) is 5.29. The average molecular weight is 388 g/mol. The number of aryl methyl sites for hydroxylation is 2. The van der Waals surface area contributed by atoms with Crippen LogP contribution in [-0.4, -0.2) is 59.6 Å². The first-order valence-electron chi connectivity index (χ1n) is 9.50. The summed E-state index contributed by atoms with van der Waals surface area (Å²) in [4.78, 5) is 34.4. The van der Waals surface area contributed by atoms with E-state index in [4.69, 9.17) is 15.5 Å². The molecule has 0 aromatic carbocycles. The molecule has 1 aliphatic carbocycles. The van der Waals surface area contributed by atoms with E-state index in [1.54, 1.807) is 16.7 Å². The van der Waals surface area contributed by atoms with Gasteiger partial charge >= 0.3 is 6.09 Å². The van der Waals surface area contributed by atoms with Crippen LogP contribution in [0.2, 0.25) is 0 Å². The van der Waals surface area contributed by atoms with Crippen LogP contribution in [0, 0.1) is 0 Å². The molecule has 1 fully saturated rings. The number of carbonyl (C=O) groups excluding carboxylic acids is 2. The van der Waals surface area contributed by atoms with E-state index in [-0.39, 0.29) is 12.0 Å². The van der Waals surface area contributed by atoms with Crippen molar-refractivity contribution in [3.05, 3.63) is 22.2 Å². The highest BCUT2D eigenvalue weighted by atomic mass is 32.1. The van der Waals surface area contributed by atoms with Gasteiger partial charge in [0.1, 0.15) is 9.71 Å². The Morgan fingerprint density at radius 2 is 1.89 bits per heavy atom. The topological polar surface area (TPSA) is 88.8 Å². The van der Waals surface area contributed by atoms with E-state index in [1.165, 1.54) is 29.7 Å². The Morgan fingerprint density at radius 3 is 2.63 bits per heavy atom. The number of ether oxygens (including phenoxy) is 1. The van der Waals surface area contributed by atoms with Crippen LogP contribution in [0.3, 0.4) is 0 Å². The maximum atomic E-state index is 13.0. The van der Waals surface area contributed by atoms with Crippen LogP contribution in [0.15, 0.2) is 6.07 Å². The summed E-state index contributed by atoms with van der Waals surface area (Å²) < 4.78 is 5.03. The maximum absolute atomic E-state index is 13.0. The molecule has 8 heteroatoms. The molecule has 0 radical (unpaired) electrons. The third-order valence-corrected chi connectivity index (χ3v) is 6.39. The molecule has 0 atom stereocenters. The largest absolute Gasteiger partial charge is 0.450 e. The molecule has 2 aromatic rings. The Bertz CT molecular complexity index is 887. The fourth-order valence-electron chi connectivity index (χ4n) is 3.77. The molecule has 2 aromatic heterocycles. The first-order valence-corrected chi connectivity index (χ1v) is 10.3. The van der Waals surface area contributed by atoms with Crippen LogP contribution in [-0.2, 0) is 17.6 Å². The van der Waals surface area contributed by atoms with Crippen LogP contribution >= 0.6 is 11.3 Å². The number of nitrogens with two attached hydrogens (primary N) is 1. The van der Waals surface area contributed by atoms with Gasteiger partial charge in [0.2, 0.25) is 0 Å². The van der Waals surface area contributed by atoms with Gasteiger partial charge in [-0.15, -0.1) is 11.3 Å². The normalized spacial score (nSPS) is 17.1. The zero-order valence-corrected chi connectivity index (χ0v) is 16.3. The van der Waals surface area contributed by atoms with Crippen LogP contribution in [0.4, 0.5) is 10.5 Å². The Labute approximate surface area is 162 Å². The molecule has 0 saturated carbocycles. The van der Waals surface area contributed by atoms with E-state index in [9.17, 15) is 9.59 Å². The Balaban J connectivity index is 1.53. The lowest BCUT2D eigenvalue weighted by Crippen LogP contribution is -2.50. The molecule has 2 aliphatic rings. The second kappa shape index (κ2) is 7.34. The van der Waals surface area contributed by atoms with Crippen LogP contribution in [0.5, 0.6) is 0 Å². The van der Waals surface area contributed by atoms with E-state index >= 15 is 0 Å². The second-order valence-corrected chi connectivity index (χ2v) is 7.98. The van der Waals surface area contributed by atoms with Gasteiger partial charge in [0.15, 0.2) is 0 Å². The quantitative estimate of drug-likeness (QED) is 0.854. The number of pyridine rings is 1. The lowest BCUT2D eigenvalue weighted by molar-refractivity contribution is 0.0575. The zero-order chi connectivity index (χ0) is 19.0. The summed E-state index contributed by atoms with van der Waals surface area (Å²) in [5.74, 6) is -0.0722. The van der Waals surface area contributed by atoms with Gasteiger partial charge < -0.3 is 20.3 Å². The number of hydrogen-bond acceptors (Lipinski definition) is 6. The lowest BCUT2D eigenvalue weighted by Gasteiger charge is -2.33. The van der Waals surface area contributed by atoms with E-state index in [1.807, 2.05) is 0 Å². The Hall–Kier alpha value is -2.35. The van der Waals surface area contributed by atoms with E-state index < -0.39 is 0 Å². The summed E-state index contributed by atoms with van der Waals surface area (Å²) in [6.07, 6.45) is 4.07. The number of aromatic nitrogens is 1. The predicted molar refractivity (Wildman–Crippen MR) is 105 cm³/mol. The molecule has 3 heterocycles. The molecule has 0 spiro atoms. The first kappa shape index (κ1) is 18.0. The van der Waals surface area contributed by atoms with Crippen LogP contribution in [0.25, 0.3) is 10.2 Å². The van der Waals surface area contributed by atoms with Crippen molar-refractivity contribution in [1.82, 2.24) is 14.8 Å². The summed E-state index contributed by atoms with van der Waals surface area (Å²) in [5, 5.41) is 0.897. The molecule has 2 amide bonds. The van der Waals surface area contributed by atoms with Crippen molar-refractivity contribution in [3.63, 3.8) is 0 Å². The SMILES string of the molecule is CCOC(=O)N1CCN(C(=O)c2sc3nc4c(cc3c2N)CCCC4)CC1. The number of anilines is 1. The number of carbonyl (C=O) groups is 2.